The maximum atomic E-state index is 8.80. The number of hydrogen-bond acceptors (Lipinski definition) is 2. The number of nitrogens with zero attached hydrogens (tertiary/aromatic N) is 4. The van der Waals surface area contributed by atoms with Crippen molar-refractivity contribution in [3.8, 4) is 6.07 Å². The van der Waals surface area contributed by atoms with Gasteiger partial charge in [0.15, 0.2) is 0 Å². The Balaban J connectivity index is 3.02. The molecule has 0 aromatic heterocycles. The summed E-state index contributed by atoms with van der Waals surface area (Å²) in [5, 5.41) is 12.2. The molecule has 0 amide bonds. The van der Waals surface area contributed by atoms with Gasteiger partial charge >= 0.3 is 0 Å². The largest absolute Gasteiger partial charge is 0.192 e. The van der Waals surface area contributed by atoms with E-state index in [0.717, 1.165) is 16.7 Å². The molecule has 0 spiro atoms. The van der Waals surface area contributed by atoms with E-state index < -0.39 is 0 Å². The molecule has 0 saturated heterocycles. The molecule has 80 valence electrons. The SMILES string of the molecule is Cc1cc(C#N)cc(C)c1C=CCN=[N+]=[N-]. The summed E-state index contributed by atoms with van der Waals surface area (Å²) in [6.45, 7) is 4.26. The normalized spacial score (nSPS) is 9.81. The molecule has 0 aliphatic rings. The highest BCUT2D eigenvalue weighted by atomic mass is 15.1. The first-order valence-corrected chi connectivity index (χ1v) is 4.87. The van der Waals surface area contributed by atoms with Crippen LogP contribution in [0.2, 0.25) is 0 Å². The summed E-state index contributed by atoms with van der Waals surface area (Å²) in [7, 11) is 0. The minimum absolute atomic E-state index is 0.343. The maximum absolute atomic E-state index is 8.80. The molecule has 4 nitrogen and oxygen atoms in total. The first-order valence-electron chi connectivity index (χ1n) is 4.87. The fourth-order valence-electron chi connectivity index (χ4n) is 1.56. The zero-order valence-corrected chi connectivity index (χ0v) is 9.31. The Labute approximate surface area is 94.5 Å². The van der Waals surface area contributed by atoms with Crippen molar-refractivity contribution >= 4 is 6.08 Å². The van der Waals surface area contributed by atoms with Gasteiger partial charge in [-0.05, 0) is 48.2 Å². The lowest BCUT2D eigenvalue weighted by Gasteiger charge is -2.05. The van der Waals surface area contributed by atoms with Crippen LogP contribution in [0, 0.1) is 25.2 Å². The number of azide groups is 1. The van der Waals surface area contributed by atoms with E-state index >= 15 is 0 Å². The van der Waals surface area contributed by atoms with Crippen molar-refractivity contribution in [2.75, 3.05) is 6.54 Å². The highest BCUT2D eigenvalue weighted by Gasteiger charge is 2.01. The Morgan fingerprint density at radius 1 is 1.44 bits per heavy atom. The molecule has 1 aromatic carbocycles. The lowest BCUT2D eigenvalue weighted by Crippen LogP contribution is -1.89. The summed E-state index contributed by atoms with van der Waals surface area (Å²) >= 11 is 0. The van der Waals surface area contributed by atoms with E-state index in [1.54, 1.807) is 6.08 Å². The van der Waals surface area contributed by atoms with Gasteiger partial charge in [0, 0.05) is 11.5 Å². The van der Waals surface area contributed by atoms with E-state index in [1.807, 2.05) is 32.1 Å². The molecular weight excluding hydrogens is 200 g/mol. The van der Waals surface area contributed by atoms with Crippen LogP contribution < -0.4 is 0 Å². The molecule has 4 heteroatoms. The summed E-state index contributed by atoms with van der Waals surface area (Å²) in [5.41, 5.74) is 12.0. The Morgan fingerprint density at radius 3 is 2.56 bits per heavy atom. The molecule has 0 N–H and O–H groups in total. The quantitative estimate of drug-likeness (QED) is 0.429. The van der Waals surface area contributed by atoms with Gasteiger partial charge in [-0.1, -0.05) is 17.3 Å². The Morgan fingerprint density at radius 2 is 2.06 bits per heavy atom. The Kier molecular flexibility index (Phi) is 4.14. The molecule has 0 heterocycles. The average Bonchev–Trinajstić information content (AvgIpc) is 2.26. The Bertz CT molecular complexity index is 479. The van der Waals surface area contributed by atoms with Gasteiger partial charge in [-0.2, -0.15) is 5.26 Å². The number of rotatable bonds is 3. The highest BCUT2D eigenvalue weighted by molar-refractivity contribution is 5.59. The van der Waals surface area contributed by atoms with Crippen LogP contribution in [0.1, 0.15) is 22.3 Å². The van der Waals surface area contributed by atoms with E-state index in [-0.39, 0.29) is 0 Å². The van der Waals surface area contributed by atoms with Crippen LogP contribution in [0.5, 0.6) is 0 Å². The van der Waals surface area contributed by atoms with Crippen LogP contribution in [-0.2, 0) is 0 Å². The number of hydrogen-bond donors (Lipinski definition) is 0. The molecule has 0 atom stereocenters. The predicted molar refractivity (Wildman–Crippen MR) is 63.7 cm³/mol. The van der Waals surface area contributed by atoms with E-state index in [4.69, 9.17) is 10.8 Å². The minimum atomic E-state index is 0.343. The van der Waals surface area contributed by atoms with Gasteiger partial charge in [0.2, 0.25) is 0 Å². The van der Waals surface area contributed by atoms with Crippen molar-refractivity contribution in [2.24, 2.45) is 5.11 Å². The van der Waals surface area contributed by atoms with Gasteiger partial charge in [-0.15, -0.1) is 0 Å². The van der Waals surface area contributed by atoms with Crippen LogP contribution >= 0.6 is 0 Å². The van der Waals surface area contributed by atoms with Crippen molar-refractivity contribution in [1.82, 2.24) is 0 Å². The third-order valence-electron chi connectivity index (χ3n) is 2.26. The second-order valence-electron chi connectivity index (χ2n) is 3.45. The van der Waals surface area contributed by atoms with E-state index in [2.05, 4.69) is 16.1 Å². The van der Waals surface area contributed by atoms with E-state index in [1.165, 1.54) is 0 Å². The molecule has 16 heavy (non-hydrogen) atoms. The summed E-state index contributed by atoms with van der Waals surface area (Å²) in [5.74, 6) is 0. The molecule has 0 unspecified atom stereocenters. The fourth-order valence-corrected chi connectivity index (χ4v) is 1.56. The van der Waals surface area contributed by atoms with Crippen molar-refractivity contribution in [2.45, 2.75) is 13.8 Å². The monoisotopic (exact) mass is 212 g/mol. The lowest BCUT2D eigenvalue weighted by molar-refractivity contribution is 1.22. The van der Waals surface area contributed by atoms with Crippen LogP contribution in [-0.4, -0.2) is 6.54 Å². The molecule has 1 aromatic rings. The predicted octanol–water partition coefficient (Wildman–Crippen LogP) is 3.50. The second kappa shape index (κ2) is 5.59. The van der Waals surface area contributed by atoms with E-state index in [9.17, 15) is 0 Å². The van der Waals surface area contributed by atoms with E-state index in [0.29, 0.717) is 12.1 Å². The van der Waals surface area contributed by atoms with Crippen molar-refractivity contribution in [3.05, 3.63) is 50.9 Å². The molecular formula is C12H12N4. The van der Waals surface area contributed by atoms with Crippen molar-refractivity contribution in [1.29, 1.82) is 5.26 Å². The van der Waals surface area contributed by atoms with Crippen LogP contribution in [0.3, 0.4) is 0 Å². The molecule has 0 fully saturated rings. The van der Waals surface area contributed by atoms with Crippen LogP contribution in [0.4, 0.5) is 0 Å². The summed E-state index contributed by atoms with van der Waals surface area (Å²) in [6, 6.07) is 5.82. The number of nitriles is 1. The smallest absolute Gasteiger partial charge is 0.0991 e. The topological polar surface area (TPSA) is 72.5 Å². The number of aryl methyl sites for hydroxylation is 2. The van der Waals surface area contributed by atoms with Gasteiger partial charge in [-0.25, -0.2) is 0 Å². The summed E-state index contributed by atoms with van der Waals surface area (Å²) in [6.07, 6.45) is 3.72. The average molecular weight is 212 g/mol. The fraction of sp³-hybridized carbons (Fsp3) is 0.250. The molecule has 0 aliphatic heterocycles. The lowest BCUT2D eigenvalue weighted by atomic mass is 9.99. The standard InChI is InChI=1S/C12H12N4/c1-9-6-11(8-13)7-10(2)12(9)4-3-5-15-16-14/h3-4,6-7H,5H2,1-2H3. The van der Waals surface area contributed by atoms with Crippen LogP contribution in [0.15, 0.2) is 23.3 Å². The highest BCUT2D eigenvalue weighted by Crippen LogP contribution is 2.17. The zero-order valence-electron chi connectivity index (χ0n) is 9.31. The molecule has 0 saturated carbocycles. The molecule has 0 bridgehead atoms. The first kappa shape index (κ1) is 11.8. The van der Waals surface area contributed by atoms with Gasteiger partial charge in [0.25, 0.3) is 0 Å². The van der Waals surface area contributed by atoms with Gasteiger partial charge < -0.3 is 0 Å². The van der Waals surface area contributed by atoms with Crippen molar-refractivity contribution < 1.29 is 0 Å². The minimum Gasteiger partial charge on any atom is -0.192 e. The summed E-state index contributed by atoms with van der Waals surface area (Å²) < 4.78 is 0. The molecule has 0 aliphatic carbocycles. The third kappa shape index (κ3) is 2.88. The Hall–Kier alpha value is -2.24. The van der Waals surface area contributed by atoms with Crippen LogP contribution in [0.25, 0.3) is 16.5 Å². The van der Waals surface area contributed by atoms with Crippen molar-refractivity contribution in [3.63, 3.8) is 0 Å². The molecule has 0 radical (unpaired) electrons. The zero-order chi connectivity index (χ0) is 12.0. The second-order valence-corrected chi connectivity index (χ2v) is 3.45. The summed E-state index contributed by atoms with van der Waals surface area (Å²) in [4.78, 5) is 2.67. The van der Waals surface area contributed by atoms with Gasteiger partial charge in [-0.3, -0.25) is 0 Å². The number of benzene rings is 1. The third-order valence-corrected chi connectivity index (χ3v) is 2.26. The first-order chi connectivity index (χ1) is 7.69. The van der Waals surface area contributed by atoms with Gasteiger partial charge in [0.1, 0.15) is 0 Å². The molecule has 1 rings (SSSR count). The van der Waals surface area contributed by atoms with Gasteiger partial charge in [0.05, 0.1) is 11.6 Å². The maximum Gasteiger partial charge on any atom is 0.0991 e.